The Labute approximate surface area is 149 Å². The Hall–Kier alpha value is -1.59. The summed E-state index contributed by atoms with van der Waals surface area (Å²) in [7, 11) is 1.37. The molecule has 0 radical (unpaired) electrons. The molecule has 4 aliphatic carbocycles. The van der Waals surface area contributed by atoms with Crippen LogP contribution in [0.5, 0.6) is 0 Å². The van der Waals surface area contributed by atoms with E-state index in [1.54, 1.807) is 4.90 Å². The maximum Gasteiger partial charge on any atom is 0.307 e. The van der Waals surface area contributed by atoms with Gasteiger partial charge >= 0.3 is 5.97 Å². The molecule has 4 fully saturated rings. The van der Waals surface area contributed by atoms with Gasteiger partial charge in [-0.1, -0.05) is 0 Å². The third-order valence-corrected chi connectivity index (χ3v) is 6.35. The van der Waals surface area contributed by atoms with Gasteiger partial charge in [0.05, 0.1) is 18.9 Å². The molecule has 25 heavy (non-hydrogen) atoms. The van der Waals surface area contributed by atoms with Gasteiger partial charge in [-0.3, -0.25) is 14.4 Å². The molecule has 0 aliphatic heterocycles. The monoisotopic (exact) mass is 350 g/mol. The van der Waals surface area contributed by atoms with Crippen molar-refractivity contribution in [2.45, 2.75) is 51.9 Å². The van der Waals surface area contributed by atoms with Gasteiger partial charge in [0, 0.05) is 26.6 Å². The Bertz CT molecular complexity index is 510. The van der Waals surface area contributed by atoms with Crippen LogP contribution in [0.1, 0.15) is 51.9 Å². The Kier molecular flexibility index (Phi) is 5.35. The van der Waals surface area contributed by atoms with Gasteiger partial charge in [-0.15, -0.1) is 0 Å². The third kappa shape index (κ3) is 3.98. The third-order valence-electron chi connectivity index (χ3n) is 6.35. The fourth-order valence-electron chi connectivity index (χ4n) is 5.72. The second-order valence-corrected chi connectivity index (χ2v) is 8.30. The van der Waals surface area contributed by atoms with E-state index in [1.807, 2.05) is 0 Å². The Morgan fingerprint density at radius 3 is 2.08 bits per heavy atom. The number of nitrogens with one attached hydrogen (secondary N) is 1. The normalized spacial score (nSPS) is 32.3. The Morgan fingerprint density at radius 1 is 1.04 bits per heavy atom. The van der Waals surface area contributed by atoms with Gasteiger partial charge in [0.1, 0.15) is 0 Å². The molecule has 0 atom stereocenters. The first-order chi connectivity index (χ1) is 11.9. The molecular weight excluding hydrogens is 320 g/mol. The molecule has 4 saturated carbocycles. The SMILES string of the molecule is COC(=O)CCN(CCNC(C)=O)C(=O)C12CC3CC(CC(C3)C1)C2. The molecule has 4 bridgehead atoms. The van der Waals surface area contributed by atoms with Crippen LogP contribution in [0.25, 0.3) is 0 Å². The fourth-order valence-corrected chi connectivity index (χ4v) is 5.72. The van der Waals surface area contributed by atoms with Gasteiger partial charge in [0.25, 0.3) is 0 Å². The first kappa shape index (κ1) is 18.2. The quantitative estimate of drug-likeness (QED) is 0.710. The van der Waals surface area contributed by atoms with E-state index in [4.69, 9.17) is 4.74 Å². The lowest BCUT2D eigenvalue weighted by Gasteiger charge is -2.56. The smallest absolute Gasteiger partial charge is 0.307 e. The van der Waals surface area contributed by atoms with Crippen molar-refractivity contribution in [2.75, 3.05) is 26.7 Å². The number of nitrogens with zero attached hydrogens (tertiary/aromatic N) is 1. The van der Waals surface area contributed by atoms with Crippen molar-refractivity contribution in [2.24, 2.45) is 23.2 Å². The molecule has 6 heteroatoms. The molecule has 0 spiro atoms. The maximum atomic E-state index is 13.4. The number of esters is 1. The van der Waals surface area contributed by atoms with E-state index in [-0.39, 0.29) is 29.6 Å². The van der Waals surface area contributed by atoms with E-state index in [0.29, 0.717) is 37.4 Å². The molecule has 0 saturated heterocycles. The van der Waals surface area contributed by atoms with Crippen LogP contribution in [0, 0.1) is 23.2 Å². The van der Waals surface area contributed by atoms with Crippen LogP contribution in [0.15, 0.2) is 0 Å². The van der Waals surface area contributed by atoms with Crippen molar-refractivity contribution < 1.29 is 19.1 Å². The van der Waals surface area contributed by atoms with Crippen molar-refractivity contribution in [1.29, 1.82) is 0 Å². The van der Waals surface area contributed by atoms with Gasteiger partial charge in [-0.05, 0) is 56.3 Å². The van der Waals surface area contributed by atoms with Crippen LogP contribution in [-0.4, -0.2) is 49.4 Å². The molecule has 4 aliphatic rings. The van der Waals surface area contributed by atoms with E-state index in [1.165, 1.54) is 33.3 Å². The lowest BCUT2D eigenvalue weighted by molar-refractivity contribution is -0.158. The topological polar surface area (TPSA) is 75.7 Å². The fraction of sp³-hybridized carbons (Fsp3) is 0.842. The van der Waals surface area contributed by atoms with E-state index >= 15 is 0 Å². The van der Waals surface area contributed by atoms with Crippen LogP contribution >= 0.6 is 0 Å². The minimum atomic E-state index is -0.303. The molecular formula is C19H30N2O4. The largest absolute Gasteiger partial charge is 0.469 e. The number of carbonyl (C=O) groups is 3. The van der Waals surface area contributed by atoms with Crippen LogP contribution in [0.3, 0.4) is 0 Å². The summed E-state index contributed by atoms with van der Waals surface area (Å²) in [5, 5.41) is 2.76. The van der Waals surface area contributed by atoms with Crippen LogP contribution in [0.2, 0.25) is 0 Å². The molecule has 1 N–H and O–H groups in total. The summed E-state index contributed by atoms with van der Waals surface area (Å²) >= 11 is 0. The van der Waals surface area contributed by atoms with Crippen LogP contribution in [-0.2, 0) is 19.1 Å². The molecule has 6 nitrogen and oxygen atoms in total. The highest BCUT2D eigenvalue weighted by Gasteiger charge is 2.55. The average Bonchev–Trinajstić information content (AvgIpc) is 2.55. The van der Waals surface area contributed by atoms with E-state index in [9.17, 15) is 14.4 Å². The summed E-state index contributed by atoms with van der Waals surface area (Å²) in [6, 6.07) is 0. The summed E-state index contributed by atoms with van der Waals surface area (Å²) in [5.41, 5.74) is -0.221. The van der Waals surface area contributed by atoms with Crippen LogP contribution in [0.4, 0.5) is 0 Å². The van der Waals surface area contributed by atoms with Gasteiger partial charge in [0.2, 0.25) is 11.8 Å². The lowest BCUT2D eigenvalue weighted by Crippen LogP contribution is -2.55. The zero-order valence-electron chi connectivity index (χ0n) is 15.4. The summed E-state index contributed by atoms with van der Waals surface area (Å²) in [6.45, 7) is 2.72. The number of amides is 2. The van der Waals surface area contributed by atoms with E-state index in [2.05, 4.69) is 5.32 Å². The number of methoxy groups -OCH3 is 1. The molecule has 0 unspecified atom stereocenters. The summed E-state index contributed by atoms with van der Waals surface area (Å²) in [5.74, 6) is 1.90. The number of hydrogen-bond acceptors (Lipinski definition) is 4. The van der Waals surface area contributed by atoms with Crippen molar-refractivity contribution in [3.63, 3.8) is 0 Å². The summed E-state index contributed by atoms with van der Waals surface area (Å²) < 4.78 is 4.73. The maximum absolute atomic E-state index is 13.4. The molecule has 0 aromatic heterocycles. The summed E-state index contributed by atoms with van der Waals surface area (Å²) in [6.07, 6.45) is 7.10. The van der Waals surface area contributed by atoms with E-state index < -0.39 is 0 Å². The molecule has 0 heterocycles. The van der Waals surface area contributed by atoms with Gasteiger partial charge in [0.15, 0.2) is 0 Å². The van der Waals surface area contributed by atoms with Gasteiger partial charge in [-0.25, -0.2) is 0 Å². The molecule has 0 aromatic rings. The van der Waals surface area contributed by atoms with Crippen molar-refractivity contribution in [3.8, 4) is 0 Å². The first-order valence-corrected chi connectivity index (χ1v) is 9.52. The zero-order valence-corrected chi connectivity index (χ0v) is 15.4. The lowest BCUT2D eigenvalue weighted by atomic mass is 9.49. The Morgan fingerprint density at radius 2 is 1.60 bits per heavy atom. The predicted octanol–water partition coefficient (Wildman–Crippen LogP) is 1.73. The predicted molar refractivity (Wildman–Crippen MR) is 92.5 cm³/mol. The highest BCUT2D eigenvalue weighted by atomic mass is 16.5. The summed E-state index contributed by atoms with van der Waals surface area (Å²) in [4.78, 5) is 37.9. The number of rotatable bonds is 7. The van der Waals surface area contributed by atoms with Crippen molar-refractivity contribution in [1.82, 2.24) is 10.2 Å². The van der Waals surface area contributed by atoms with Gasteiger partial charge in [-0.2, -0.15) is 0 Å². The number of carbonyl (C=O) groups excluding carboxylic acids is 3. The number of ether oxygens (including phenoxy) is 1. The number of hydrogen-bond donors (Lipinski definition) is 1. The standard InChI is InChI=1S/C19H30N2O4/c1-13(22)20-4-6-21(5-3-17(23)25-2)18(24)19-10-14-7-15(11-19)9-16(8-14)12-19/h14-16H,3-12H2,1-2H3,(H,20,22). The second kappa shape index (κ2) is 7.34. The highest BCUT2D eigenvalue weighted by molar-refractivity contribution is 5.84. The minimum Gasteiger partial charge on any atom is -0.469 e. The Balaban J connectivity index is 1.68. The minimum absolute atomic E-state index is 0.102. The second-order valence-electron chi connectivity index (χ2n) is 8.30. The average molecular weight is 350 g/mol. The highest BCUT2D eigenvalue weighted by Crippen LogP contribution is 2.60. The molecule has 0 aromatic carbocycles. The van der Waals surface area contributed by atoms with Crippen molar-refractivity contribution >= 4 is 17.8 Å². The molecule has 2 amide bonds. The van der Waals surface area contributed by atoms with E-state index in [0.717, 1.165) is 19.3 Å². The molecule has 140 valence electrons. The van der Waals surface area contributed by atoms with Crippen molar-refractivity contribution in [3.05, 3.63) is 0 Å². The first-order valence-electron chi connectivity index (χ1n) is 9.52. The molecule has 4 rings (SSSR count). The zero-order chi connectivity index (χ0) is 18.0. The van der Waals surface area contributed by atoms with Gasteiger partial charge < -0.3 is 15.0 Å². The van der Waals surface area contributed by atoms with Crippen LogP contribution < -0.4 is 5.32 Å².